The van der Waals surface area contributed by atoms with Crippen LogP contribution in [0.1, 0.15) is 79.1 Å². The number of carbonyl (C=O) groups is 1. The Morgan fingerprint density at radius 1 is 0.955 bits per heavy atom. The summed E-state index contributed by atoms with van der Waals surface area (Å²) in [4.78, 5) is 10.8. The normalized spacial score (nSPS) is 44.5. The van der Waals surface area contributed by atoms with E-state index in [-0.39, 0.29) is 5.54 Å². The van der Waals surface area contributed by atoms with Gasteiger partial charge in [0.15, 0.2) is 0 Å². The van der Waals surface area contributed by atoms with E-state index in [4.69, 9.17) is 0 Å². The third-order valence-electron chi connectivity index (χ3n) is 5.95. The molecule has 0 radical (unpaired) electrons. The highest BCUT2D eigenvalue weighted by Crippen LogP contribution is 2.66. The quantitative estimate of drug-likeness (QED) is 0.760. The maximum absolute atomic E-state index is 10.8. The molecule has 1 saturated heterocycles. The van der Waals surface area contributed by atoms with Gasteiger partial charge in [0.05, 0.1) is 0 Å². The van der Waals surface area contributed by atoms with Crippen LogP contribution in [0.15, 0.2) is 0 Å². The van der Waals surface area contributed by atoms with Crippen molar-refractivity contribution >= 4 is 6.41 Å². The van der Waals surface area contributed by atoms with Crippen molar-refractivity contribution in [3.05, 3.63) is 0 Å². The van der Waals surface area contributed by atoms with Gasteiger partial charge in [-0.25, -0.2) is 0 Å². The summed E-state index contributed by atoms with van der Waals surface area (Å²) in [5.41, 5.74) is 1.17. The van der Waals surface area contributed by atoms with Crippen molar-refractivity contribution in [2.45, 2.75) is 84.6 Å². The Labute approximate surface area is 137 Å². The van der Waals surface area contributed by atoms with Crippen molar-refractivity contribution in [2.75, 3.05) is 13.1 Å². The maximum Gasteiger partial charge on any atom is 0.207 e. The van der Waals surface area contributed by atoms with Crippen LogP contribution in [0.3, 0.4) is 0 Å². The van der Waals surface area contributed by atoms with Crippen molar-refractivity contribution in [3.63, 3.8) is 0 Å². The van der Waals surface area contributed by atoms with E-state index >= 15 is 0 Å². The summed E-state index contributed by atoms with van der Waals surface area (Å²) in [6, 6.07) is 0. The molecule has 2 atom stereocenters. The fraction of sp³-hybridized carbons (Fsp3) is 0.947. The van der Waals surface area contributed by atoms with Crippen molar-refractivity contribution < 1.29 is 4.79 Å². The molecule has 2 unspecified atom stereocenters. The lowest BCUT2D eigenvalue weighted by Crippen LogP contribution is -2.63. The largest absolute Gasteiger partial charge is 0.353 e. The average molecular weight is 309 g/mol. The Hall–Kier alpha value is -0.570. The second-order valence-corrected chi connectivity index (χ2v) is 8.63. The topological polar surface area (TPSA) is 41.1 Å². The number of hydrogen-bond acceptors (Lipinski definition) is 2. The first kappa shape index (κ1) is 17.8. The number of hydrogen-bond donors (Lipinski definition) is 2. The van der Waals surface area contributed by atoms with E-state index in [1.807, 2.05) is 13.8 Å². The van der Waals surface area contributed by atoms with Crippen molar-refractivity contribution in [2.24, 2.45) is 16.7 Å². The summed E-state index contributed by atoms with van der Waals surface area (Å²) in [7, 11) is 0. The van der Waals surface area contributed by atoms with E-state index in [2.05, 4.69) is 24.5 Å². The molecule has 4 saturated carbocycles. The van der Waals surface area contributed by atoms with Gasteiger partial charge in [-0.2, -0.15) is 0 Å². The summed E-state index contributed by atoms with van der Waals surface area (Å²) in [6.45, 7) is 11.4. The van der Waals surface area contributed by atoms with E-state index in [1.165, 1.54) is 64.5 Å². The van der Waals surface area contributed by atoms with Crippen LogP contribution in [0.5, 0.6) is 0 Å². The van der Waals surface area contributed by atoms with Crippen molar-refractivity contribution in [1.82, 2.24) is 10.6 Å². The van der Waals surface area contributed by atoms with Gasteiger partial charge in [-0.3, -0.25) is 4.79 Å². The lowest BCUT2D eigenvalue weighted by molar-refractivity contribution is -0.131. The maximum atomic E-state index is 10.8. The molecule has 0 aromatic rings. The van der Waals surface area contributed by atoms with Gasteiger partial charge in [0.2, 0.25) is 6.41 Å². The van der Waals surface area contributed by atoms with E-state index in [1.54, 1.807) is 0 Å². The molecule has 1 heterocycles. The highest BCUT2D eigenvalue weighted by molar-refractivity contribution is 5.48. The summed E-state index contributed by atoms with van der Waals surface area (Å²) in [6.07, 6.45) is 11.5. The van der Waals surface area contributed by atoms with Gasteiger partial charge < -0.3 is 10.6 Å². The minimum absolute atomic E-state index is 0.157. The lowest BCUT2D eigenvalue weighted by atomic mass is 9.43. The summed E-state index contributed by atoms with van der Waals surface area (Å²) < 4.78 is 0. The smallest absolute Gasteiger partial charge is 0.207 e. The fourth-order valence-corrected chi connectivity index (χ4v) is 6.36. The Bertz CT molecular complexity index is 352. The van der Waals surface area contributed by atoms with Gasteiger partial charge in [-0.15, -0.1) is 0 Å². The van der Waals surface area contributed by atoms with Crippen LogP contribution in [-0.2, 0) is 4.79 Å². The van der Waals surface area contributed by atoms with Crippen molar-refractivity contribution in [1.29, 1.82) is 0 Å². The fourth-order valence-electron chi connectivity index (χ4n) is 6.36. The minimum Gasteiger partial charge on any atom is -0.353 e. The molecular weight excluding hydrogens is 272 g/mol. The zero-order valence-electron chi connectivity index (χ0n) is 15.1. The van der Waals surface area contributed by atoms with Gasteiger partial charge in [-0.05, 0) is 81.2 Å². The van der Waals surface area contributed by atoms with E-state index in [0.717, 1.165) is 12.3 Å². The third-order valence-corrected chi connectivity index (χ3v) is 5.95. The van der Waals surface area contributed by atoms with Crippen LogP contribution < -0.4 is 10.6 Å². The highest BCUT2D eigenvalue weighted by Gasteiger charge is 2.59. The molecule has 5 fully saturated rings. The Kier molecular flexibility index (Phi) is 5.58. The van der Waals surface area contributed by atoms with Crippen LogP contribution >= 0.6 is 0 Å². The average Bonchev–Trinajstić information content (AvgIpc) is 2.95. The summed E-state index contributed by atoms with van der Waals surface area (Å²) >= 11 is 0. The zero-order valence-corrected chi connectivity index (χ0v) is 15.1. The van der Waals surface area contributed by atoms with Crippen LogP contribution in [0, 0.1) is 16.7 Å². The summed E-state index contributed by atoms with van der Waals surface area (Å²) in [5.74, 6) is 0.865. The first-order valence-electron chi connectivity index (χ1n) is 9.39. The molecule has 128 valence electrons. The molecule has 0 spiro atoms. The Morgan fingerprint density at radius 3 is 1.86 bits per heavy atom. The molecule has 1 amide bonds. The van der Waals surface area contributed by atoms with Crippen molar-refractivity contribution in [3.8, 4) is 0 Å². The van der Waals surface area contributed by atoms with E-state index in [9.17, 15) is 4.79 Å². The second-order valence-electron chi connectivity index (χ2n) is 8.63. The number of carbonyl (C=O) groups excluding carboxylic acids is 1. The van der Waals surface area contributed by atoms with Crippen LogP contribution in [-0.4, -0.2) is 25.0 Å². The molecule has 0 aromatic heterocycles. The number of rotatable bonds is 2. The highest BCUT2D eigenvalue weighted by atomic mass is 16.1. The second kappa shape index (κ2) is 6.90. The predicted octanol–water partition coefficient (Wildman–Crippen LogP) is 3.88. The summed E-state index contributed by atoms with van der Waals surface area (Å²) in [5, 5.41) is 6.38. The molecule has 0 aromatic carbocycles. The standard InChI is InChI=1S/C13H21NO.C4H9N.C2H6/c1-11-3-10-4-12(2,6-11)8-13(5-10,7-11)14-9-15;1-2-4-5-3-1;1-2/h9-10H,3-8H2,1-2H3,(H,14,15);5H,1-4H2;1-2H3. The van der Waals surface area contributed by atoms with Crippen LogP contribution in [0.25, 0.3) is 0 Å². The minimum atomic E-state index is 0.157. The molecule has 4 aliphatic carbocycles. The SMILES string of the molecule is C1CCNC1.CC.CC12CC3CC(C)(C1)CC(NC=O)(C3)C2. The number of amides is 1. The first-order chi connectivity index (χ1) is 10.5. The molecule has 5 aliphatic rings. The Morgan fingerprint density at radius 2 is 1.50 bits per heavy atom. The Balaban J connectivity index is 0.000000213. The molecule has 5 rings (SSSR count). The van der Waals surface area contributed by atoms with Gasteiger partial charge in [0.1, 0.15) is 0 Å². The van der Waals surface area contributed by atoms with Crippen LogP contribution in [0.2, 0.25) is 0 Å². The lowest BCUT2D eigenvalue weighted by Gasteiger charge is -2.65. The first-order valence-corrected chi connectivity index (χ1v) is 9.39. The molecule has 22 heavy (non-hydrogen) atoms. The molecule has 3 heteroatoms. The third kappa shape index (κ3) is 3.84. The van der Waals surface area contributed by atoms with Gasteiger partial charge in [0.25, 0.3) is 0 Å². The zero-order chi connectivity index (χ0) is 16.3. The van der Waals surface area contributed by atoms with Gasteiger partial charge >= 0.3 is 0 Å². The van der Waals surface area contributed by atoms with E-state index < -0.39 is 0 Å². The van der Waals surface area contributed by atoms with Gasteiger partial charge in [0, 0.05) is 5.54 Å². The number of nitrogens with one attached hydrogen (secondary N) is 2. The molecule has 2 N–H and O–H groups in total. The van der Waals surface area contributed by atoms with Crippen LogP contribution in [0.4, 0.5) is 0 Å². The molecule has 1 aliphatic heterocycles. The predicted molar refractivity (Wildman–Crippen MR) is 92.8 cm³/mol. The molecule has 3 nitrogen and oxygen atoms in total. The monoisotopic (exact) mass is 308 g/mol. The van der Waals surface area contributed by atoms with E-state index in [0.29, 0.717) is 10.8 Å². The molecule has 4 bridgehead atoms. The molecular formula is C19H36N2O. The van der Waals surface area contributed by atoms with Gasteiger partial charge in [-0.1, -0.05) is 27.7 Å².